The minimum absolute atomic E-state index is 0.0368. The Kier molecular flexibility index (Phi) is 8.62. The quantitative estimate of drug-likeness (QED) is 0.228. The predicted octanol–water partition coefficient (Wildman–Crippen LogP) is 4.60. The molecule has 3 aromatic carbocycles. The van der Waals surface area contributed by atoms with Gasteiger partial charge in [-0.25, -0.2) is 22.7 Å². The summed E-state index contributed by atoms with van der Waals surface area (Å²) in [5, 5.41) is 0.563. The maximum atomic E-state index is 14.1. The summed E-state index contributed by atoms with van der Waals surface area (Å²) in [7, 11) is -4.36. The van der Waals surface area contributed by atoms with E-state index in [1.807, 2.05) is 0 Å². The van der Waals surface area contributed by atoms with Gasteiger partial charge in [-0.3, -0.25) is 14.4 Å². The van der Waals surface area contributed by atoms with E-state index < -0.39 is 48.7 Å². The van der Waals surface area contributed by atoms with Crippen molar-refractivity contribution in [3.05, 3.63) is 111 Å². The van der Waals surface area contributed by atoms with E-state index in [0.29, 0.717) is 0 Å². The summed E-state index contributed by atoms with van der Waals surface area (Å²) in [6.07, 6.45) is 1.34. The minimum Gasteiger partial charge on any atom is -0.610 e. The minimum atomic E-state index is -4.36. The Morgan fingerprint density at radius 1 is 1.00 bits per heavy atom. The lowest BCUT2D eigenvalue weighted by Gasteiger charge is -2.23. The molecule has 2 aromatic heterocycles. The van der Waals surface area contributed by atoms with Crippen molar-refractivity contribution in [2.45, 2.75) is 22.0 Å². The molecule has 2 atom stereocenters. The Morgan fingerprint density at radius 3 is 2.37 bits per heavy atom. The molecule has 0 bridgehead atoms. The van der Waals surface area contributed by atoms with Crippen LogP contribution >= 0.6 is 23.2 Å². The van der Waals surface area contributed by atoms with Crippen LogP contribution in [0.15, 0.2) is 104 Å². The first-order valence-corrected chi connectivity index (χ1v) is 15.8. The molecule has 43 heavy (non-hydrogen) atoms. The van der Waals surface area contributed by atoms with E-state index in [0.717, 1.165) is 23.6 Å². The van der Waals surface area contributed by atoms with E-state index >= 15 is 0 Å². The number of anilines is 1. The molecule has 0 fully saturated rings. The van der Waals surface area contributed by atoms with Crippen LogP contribution < -0.4 is 15.6 Å². The van der Waals surface area contributed by atoms with Crippen LogP contribution in [0.5, 0.6) is 0 Å². The molecule has 220 valence electrons. The molecule has 5 rings (SSSR count). The smallest absolute Gasteiger partial charge is 0.286 e. The van der Waals surface area contributed by atoms with Crippen LogP contribution in [0.4, 0.5) is 5.69 Å². The number of halogens is 2. The highest BCUT2D eigenvalue weighted by Crippen LogP contribution is 2.35. The molecular weight excluding hydrogens is 639 g/mol. The van der Waals surface area contributed by atoms with Gasteiger partial charge in [0.2, 0.25) is 11.8 Å². The lowest BCUT2D eigenvalue weighted by Crippen LogP contribution is -2.35. The van der Waals surface area contributed by atoms with Crippen LogP contribution in [-0.2, 0) is 30.8 Å². The number of nitrogens with one attached hydrogen (secondary N) is 2. The lowest BCUT2D eigenvalue weighted by atomic mass is 10.2. The van der Waals surface area contributed by atoms with Crippen molar-refractivity contribution < 1.29 is 27.0 Å². The first-order chi connectivity index (χ1) is 20.5. The summed E-state index contributed by atoms with van der Waals surface area (Å²) in [4.78, 5) is 43.4. The zero-order valence-corrected chi connectivity index (χ0v) is 25.1. The molecule has 5 aromatic rings. The van der Waals surface area contributed by atoms with E-state index in [9.17, 15) is 27.4 Å². The van der Waals surface area contributed by atoms with E-state index in [-0.39, 0.29) is 43.2 Å². The van der Waals surface area contributed by atoms with Gasteiger partial charge in [0, 0.05) is 24.2 Å². The van der Waals surface area contributed by atoms with Crippen molar-refractivity contribution in [3.63, 3.8) is 0 Å². The Hall–Kier alpha value is -4.14. The number of carbonyl (C=O) groups is 2. The first kappa shape index (κ1) is 30.3. The third-order valence-corrected chi connectivity index (χ3v) is 9.84. The molecule has 0 saturated carbocycles. The molecule has 0 aliphatic carbocycles. The van der Waals surface area contributed by atoms with Gasteiger partial charge in [-0.1, -0.05) is 53.5 Å². The SMILES string of the molecule is CC(=O)NS(=O)(=O)c1cc(Cl)c(NC(=O)C(c2nc3ccccc3c(=O)n2-c2ccco2)[S+]([O-])c2ccccc2)cc1Cl. The number of nitrogens with zero attached hydrogens (tertiary/aromatic N) is 2. The summed E-state index contributed by atoms with van der Waals surface area (Å²) in [6, 6.07) is 19.6. The molecule has 2 heterocycles. The topological polar surface area (TPSA) is 163 Å². The van der Waals surface area contributed by atoms with Crippen LogP contribution in [0.3, 0.4) is 0 Å². The Bertz CT molecular complexity index is 2020. The normalized spacial score (nSPS) is 12.9. The number of para-hydroxylation sites is 1. The maximum Gasteiger partial charge on any atom is 0.286 e. The summed E-state index contributed by atoms with van der Waals surface area (Å²) in [6.45, 7) is 1.01. The molecule has 0 aliphatic heterocycles. The number of amides is 2. The monoisotopic (exact) mass is 658 g/mol. The molecule has 11 nitrogen and oxygen atoms in total. The van der Waals surface area contributed by atoms with Gasteiger partial charge in [0.15, 0.2) is 10.7 Å². The average Bonchev–Trinajstić information content (AvgIpc) is 3.49. The summed E-state index contributed by atoms with van der Waals surface area (Å²) in [5.74, 6) is -1.90. The molecule has 0 aliphatic rings. The second-order valence-corrected chi connectivity index (χ2v) is 13.0. The van der Waals surface area contributed by atoms with Gasteiger partial charge in [-0.2, -0.15) is 0 Å². The van der Waals surface area contributed by atoms with Gasteiger partial charge in [0.1, 0.15) is 4.90 Å². The predicted molar refractivity (Wildman–Crippen MR) is 161 cm³/mol. The molecule has 15 heteroatoms. The van der Waals surface area contributed by atoms with Crippen molar-refractivity contribution >= 4 is 72.8 Å². The number of carbonyl (C=O) groups excluding carboxylic acids is 2. The summed E-state index contributed by atoms with van der Waals surface area (Å²) < 4.78 is 47.5. The molecular formula is C28H20Cl2N4O7S2. The molecule has 2 amide bonds. The fourth-order valence-corrected chi connectivity index (χ4v) is 7.33. The number of sulfonamides is 1. The molecule has 2 unspecified atom stereocenters. The van der Waals surface area contributed by atoms with Crippen molar-refractivity contribution in [2.24, 2.45) is 0 Å². The standard InChI is InChI=1S/C28H20Cl2N4O7S2/c1-16(35)33-43(39,40)23-15-19(29)22(14-20(23)30)32-27(36)25(42(38)17-8-3-2-4-9-17)26-31-21-11-6-5-10-18(21)28(37)34(26)24-12-7-13-41-24/h2-15,25H,1H3,(H,32,36)(H,33,35). The molecule has 0 radical (unpaired) electrons. The van der Waals surface area contributed by atoms with Crippen molar-refractivity contribution in [3.8, 4) is 5.88 Å². The number of hydrogen-bond donors (Lipinski definition) is 2. The van der Waals surface area contributed by atoms with Crippen molar-refractivity contribution in [1.29, 1.82) is 0 Å². The van der Waals surface area contributed by atoms with Crippen LogP contribution in [0.2, 0.25) is 10.0 Å². The van der Waals surface area contributed by atoms with Gasteiger partial charge in [0.25, 0.3) is 26.7 Å². The Morgan fingerprint density at radius 2 is 1.70 bits per heavy atom. The first-order valence-electron chi connectivity index (χ1n) is 12.3. The number of fused-ring (bicyclic) bond motifs is 1. The van der Waals surface area contributed by atoms with Crippen LogP contribution in [0, 0.1) is 0 Å². The maximum absolute atomic E-state index is 14.1. The number of rotatable bonds is 8. The third kappa shape index (κ3) is 6.17. The number of aromatic nitrogens is 2. The Labute approximate surface area is 257 Å². The van der Waals surface area contributed by atoms with E-state index in [1.54, 1.807) is 65.4 Å². The number of furan rings is 1. The van der Waals surface area contributed by atoms with Crippen molar-refractivity contribution in [2.75, 3.05) is 5.32 Å². The highest BCUT2D eigenvalue weighted by molar-refractivity contribution is 7.92. The third-order valence-electron chi connectivity index (χ3n) is 6.04. The van der Waals surface area contributed by atoms with E-state index in [2.05, 4.69) is 10.3 Å². The van der Waals surface area contributed by atoms with Crippen LogP contribution in [-0.4, -0.2) is 34.3 Å². The zero-order valence-electron chi connectivity index (χ0n) is 22.0. The van der Waals surface area contributed by atoms with Crippen LogP contribution in [0.25, 0.3) is 16.8 Å². The summed E-state index contributed by atoms with van der Waals surface area (Å²) >= 11 is 10.4. The molecule has 0 spiro atoms. The number of hydrogen-bond acceptors (Lipinski definition) is 8. The fourth-order valence-electron chi connectivity index (χ4n) is 4.21. The van der Waals surface area contributed by atoms with Crippen LogP contribution in [0.1, 0.15) is 18.0 Å². The van der Waals surface area contributed by atoms with Gasteiger partial charge < -0.3 is 14.3 Å². The van der Waals surface area contributed by atoms with Gasteiger partial charge in [-0.15, -0.1) is 0 Å². The number of benzene rings is 3. The zero-order chi connectivity index (χ0) is 30.9. The largest absolute Gasteiger partial charge is 0.610 e. The van der Waals surface area contributed by atoms with Gasteiger partial charge in [0.05, 0.1) is 32.9 Å². The van der Waals surface area contributed by atoms with E-state index in [1.165, 1.54) is 12.3 Å². The second kappa shape index (κ2) is 12.2. The molecule has 0 saturated heterocycles. The Balaban J connectivity index is 1.66. The summed E-state index contributed by atoms with van der Waals surface area (Å²) in [5.41, 5.74) is -0.435. The highest BCUT2D eigenvalue weighted by atomic mass is 35.5. The van der Waals surface area contributed by atoms with Gasteiger partial charge in [-0.05, 0) is 42.5 Å². The fraction of sp³-hybridized carbons (Fsp3) is 0.0714. The highest BCUT2D eigenvalue weighted by Gasteiger charge is 2.40. The molecule has 2 N–H and O–H groups in total. The van der Waals surface area contributed by atoms with E-state index in [4.69, 9.17) is 27.6 Å². The lowest BCUT2D eigenvalue weighted by molar-refractivity contribution is -0.117. The second-order valence-electron chi connectivity index (χ2n) is 8.98. The average molecular weight is 660 g/mol. The van der Waals surface area contributed by atoms with Gasteiger partial charge >= 0.3 is 0 Å². The van der Waals surface area contributed by atoms with Crippen molar-refractivity contribution in [1.82, 2.24) is 14.3 Å².